The Kier molecular flexibility index (Phi) is 9.15. The van der Waals surface area contributed by atoms with E-state index in [1.54, 1.807) is 0 Å². The van der Waals surface area contributed by atoms with Gasteiger partial charge in [0.15, 0.2) is 11.7 Å². The first kappa shape index (κ1) is 23.4. The van der Waals surface area contributed by atoms with Crippen LogP contribution in [0.2, 0.25) is 0 Å². The van der Waals surface area contributed by atoms with Crippen LogP contribution in [-0.4, -0.2) is 60.5 Å². The van der Waals surface area contributed by atoms with Gasteiger partial charge < -0.3 is 16.0 Å². The Morgan fingerprint density at radius 1 is 1.31 bits per heavy atom. The number of halogens is 3. The first-order chi connectivity index (χ1) is 13.8. The third-order valence-corrected chi connectivity index (χ3v) is 5.26. The van der Waals surface area contributed by atoms with Gasteiger partial charge in [-0.3, -0.25) is 9.69 Å². The maximum absolute atomic E-state index is 12.7. The van der Waals surface area contributed by atoms with Crippen molar-refractivity contribution < 1.29 is 18.0 Å². The van der Waals surface area contributed by atoms with Crippen molar-refractivity contribution in [2.75, 3.05) is 32.7 Å². The largest absolute Gasteiger partial charge is 0.434 e. The van der Waals surface area contributed by atoms with Crippen LogP contribution < -0.4 is 16.0 Å². The van der Waals surface area contributed by atoms with Crippen LogP contribution in [0.4, 0.5) is 13.2 Å². The molecule has 2 rings (SSSR count). The molecule has 2 heterocycles. The van der Waals surface area contributed by atoms with Gasteiger partial charge >= 0.3 is 6.18 Å². The van der Waals surface area contributed by atoms with Crippen LogP contribution in [-0.2, 0) is 17.5 Å². The number of nitrogens with zero attached hydrogens (tertiary/aromatic N) is 3. The number of thiazole rings is 1. The summed E-state index contributed by atoms with van der Waals surface area (Å²) in [6.07, 6.45) is -1.78. The Hall–Kier alpha value is -1.88. The number of piperidine rings is 1. The molecular formula is C18H29F3N6OS. The van der Waals surface area contributed by atoms with E-state index in [1.165, 1.54) is 0 Å². The number of carbonyl (C=O) groups is 1. The molecule has 0 bridgehead atoms. The molecule has 1 fully saturated rings. The second-order valence-electron chi connectivity index (χ2n) is 6.86. The summed E-state index contributed by atoms with van der Waals surface area (Å²) in [5, 5.41) is 10.7. The van der Waals surface area contributed by atoms with E-state index in [9.17, 15) is 18.0 Å². The maximum Gasteiger partial charge on any atom is 0.434 e. The summed E-state index contributed by atoms with van der Waals surface area (Å²) >= 11 is 0.956. The Morgan fingerprint density at radius 3 is 2.62 bits per heavy atom. The quantitative estimate of drug-likeness (QED) is 0.432. The predicted octanol–water partition coefficient (Wildman–Crippen LogP) is 2.21. The average Bonchev–Trinajstić information content (AvgIpc) is 3.16. The Balaban J connectivity index is 1.82. The fourth-order valence-electron chi connectivity index (χ4n) is 2.93. The number of aromatic nitrogens is 1. The van der Waals surface area contributed by atoms with Crippen molar-refractivity contribution in [2.24, 2.45) is 4.99 Å². The molecule has 0 spiro atoms. The molecule has 1 aromatic heterocycles. The molecule has 0 unspecified atom stereocenters. The molecule has 0 radical (unpaired) electrons. The molecular weight excluding hydrogens is 405 g/mol. The zero-order valence-electron chi connectivity index (χ0n) is 16.8. The van der Waals surface area contributed by atoms with E-state index >= 15 is 0 Å². The van der Waals surface area contributed by atoms with E-state index in [-0.39, 0.29) is 18.5 Å². The molecule has 1 aromatic rings. The third-order valence-electron chi connectivity index (χ3n) is 4.43. The fourth-order valence-corrected chi connectivity index (χ4v) is 3.66. The van der Waals surface area contributed by atoms with Gasteiger partial charge in [-0.25, -0.2) is 9.98 Å². The minimum absolute atomic E-state index is 0.0508. The van der Waals surface area contributed by atoms with E-state index in [2.05, 4.69) is 30.8 Å². The number of hydrogen-bond acceptors (Lipinski definition) is 5. The zero-order chi connectivity index (χ0) is 21.3. The van der Waals surface area contributed by atoms with Gasteiger partial charge in [-0.1, -0.05) is 6.92 Å². The highest BCUT2D eigenvalue weighted by atomic mass is 32.1. The summed E-state index contributed by atoms with van der Waals surface area (Å²) in [7, 11) is 0. The molecule has 1 aliphatic heterocycles. The number of nitrogens with one attached hydrogen (secondary N) is 3. The second-order valence-corrected chi connectivity index (χ2v) is 7.81. The minimum Gasteiger partial charge on any atom is -0.357 e. The molecule has 0 atom stereocenters. The molecule has 7 nitrogen and oxygen atoms in total. The number of amides is 1. The van der Waals surface area contributed by atoms with Crippen molar-refractivity contribution in [1.29, 1.82) is 0 Å². The highest BCUT2D eigenvalue weighted by Gasteiger charge is 2.33. The average molecular weight is 435 g/mol. The van der Waals surface area contributed by atoms with Gasteiger partial charge in [-0.05, 0) is 26.2 Å². The van der Waals surface area contributed by atoms with Crippen molar-refractivity contribution >= 4 is 23.2 Å². The zero-order valence-corrected chi connectivity index (χ0v) is 17.6. The fraction of sp³-hybridized carbons (Fsp3) is 0.722. The van der Waals surface area contributed by atoms with Gasteiger partial charge in [0.25, 0.3) is 0 Å². The van der Waals surface area contributed by atoms with E-state index < -0.39 is 11.9 Å². The summed E-state index contributed by atoms with van der Waals surface area (Å²) in [5.41, 5.74) is -0.874. The van der Waals surface area contributed by atoms with Crippen molar-refractivity contribution in [1.82, 2.24) is 25.8 Å². The number of alkyl halides is 3. The number of carbonyl (C=O) groups excluding carboxylic acids is 1. The van der Waals surface area contributed by atoms with E-state index in [0.29, 0.717) is 30.6 Å². The number of aliphatic imine (C=N–C) groups is 1. The lowest BCUT2D eigenvalue weighted by Gasteiger charge is -2.32. The topological polar surface area (TPSA) is 81.7 Å². The van der Waals surface area contributed by atoms with Crippen molar-refractivity contribution in [2.45, 2.75) is 51.9 Å². The van der Waals surface area contributed by atoms with Gasteiger partial charge in [-0.15, -0.1) is 11.3 Å². The first-order valence-corrected chi connectivity index (χ1v) is 10.7. The van der Waals surface area contributed by atoms with E-state index in [4.69, 9.17) is 0 Å². The summed E-state index contributed by atoms with van der Waals surface area (Å²) in [6.45, 7) is 7.40. The summed E-state index contributed by atoms with van der Waals surface area (Å²) in [5.74, 6) is 0.616. The second kappa shape index (κ2) is 11.3. The molecule has 1 aliphatic rings. The van der Waals surface area contributed by atoms with E-state index in [0.717, 1.165) is 49.1 Å². The molecule has 1 saturated heterocycles. The minimum atomic E-state index is -4.43. The van der Waals surface area contributed by atoms with Gasteiger partial charge in [0.1, 0.15) is 5.01 Å². The highest BCUT2D eigenvalue weighted by Crippen LogP contribution is 2.30. The van der Waals surface area contributed by atoms with Crippen LogP contribution in [0.5, 0.6) is 0 Å². The number of rotatable bonds is 8. The number of guanidine groups is 1. The molecule has 0 aliphatic carbocycles. The van der Waals surface area contributed by atoms with Crippen LogP contribution in [0.3, 0.4) is 0 Å². The lowest BCUT2D eigenvalue weighted by atomic mass is 10.1. The third kappa shape index (κ3) is 8.17. The van der Waals surface area contributed by atoms with Crippen molar-refractivity contribution in [3.63, 3.8) is 0 Å². The Morgan fingerprint density at radius 2 is 2.03 bits per heavy atom. The lowest BCUT2D eigenvalue weighted by Crippen LogP contribution is -2.50. The van der Waals surface area contributed by atoms with Gasteiger partial charge in [0, 0.05) is 37.6 Å². The number of likely N-dealkylation sites (tertiary alicyclic amines) is 1. The predicted molar refractivity (Wildman–Crippen MR) is 108 cm³/mol. The molecule has 3 N–H and O–H groups in total. The van der Waals surface area contributed by atoms with E-state index in [1.807, 2.05) is 13.8 Å². The van der Waals surface area contributed by atoms with Gasteiger partial charge in [0.05, 0.1) is 13.1 Å². The van der Waals surface area contributed by atoms with Crippen LogP contribution in [0, 0.1) is 0 Å². The molecule has 0 aromatic carbocycles. The molecule has 29 heavy (non-hydrogen) atoms. The standard InChI is InChI=1S/C18H29F3N6OS/c1-3-7-23-15(28)11-27-8-5-13(6-9-27)25-17(22-4-2)24-10-16-26-14(12-29-16)18(19,20)21/h12-13H,3-11H2,1-2H3,(H,23,28)(H2,22,24,25). The van der Waals surface area contributed by atoms with Crippen LogP contribution in [0.25, 0.3) is 0 Å². The maximum atomic E-state index is 12.7. The van der Waals surface area contributed by atoms with Crippen molar-refractivity contribution in [3.8, 4) is 0 Å². The smallest absolute Gasteiger partial charge is 0.357 e. The normalized spacial score (nSPS) is 16.7. The van der Waals surface area contributed by atoms with Crippen LogP contribution >= 0.6 is 11.3 Å². The Labute approximate surface area is 173 Å². The molecule has 1 amide bonds. The highest BCUT2D eigenvalue weighted by molar-refractivity contribution is 7.09. The monoisotopic (exact) mass is 434 g/mol. The lowest BCUT2D eigenvalue weighted by molar-refractivity contribution is -0.140. The van der Waals surface area contributed by atoms with Crippen molar-refractivity contribution in [3.05, 3.63) is 16.1 Å². The first-order valence-electron chi connectivity index (χ1n) is 9.87. The van der Waals surface area contributed by atoms with Gasteiger partial charge in [-0.2, -0.15) is 13.2 Å². The SMILES string of the molecule is CCCNC(=O)CN1CCC(NC(=NCc2nc(C(F)(F)F)cs2)NCC)CC1. The molecule has 11 heteroatoms. The summed E-state index contributed by atoms with van der Waals surface area (Å²) in [4.78, 5) is 21.9. The summed E-state index contributed by atoms with van der Waals surface area (Å²) < 4.78 is 38.0. The molecule has 164 valence electrons. The Bertz CT molecular complexity index is 671. The summed E-state index contributed by atoms with van der Waals surface area (Å²) in [6, 6.07) is 0.199. The number of hydrogen-bond donors (Lipinski definition) is 3. The van der Waals surface area contributed by atoms with Crippen LogP contribution in [0.15, 0.2) is 10.4 Å². The van der Waals surface area contributed by atoms with Crippen LogP contribution in [0.1, 0.15) is 43.8 Å². The molecule has 0 saturated carbocycles. The van der Waals surface area contributed by atoms with Gasteiger partial charge in [0.2, 0.25) is 5.91 Å².